The number of carbonyl (C=O) groups is 2. The van der Waals surface area contributed by atoms with Crippen molar-refractivity contribution in [3.05, 3.63) is 65.2 Å². The average Bonchev–Trinajstić information content (AvgIpc) is 3.41. The normalized spacial score (nSPS) is 21.7. The molecule has 2 aromatic carbocycles. The van der Waals surface area contributed by atoms with Gasteiger partial charge in [0.2, 0.25) is 11.8 Å². The van der Waals surface area contributed by atoms with Gasteiger partial charge in [-0.15, -0.1) is 11.3 Å². The molecule has 31 heavy (non-hydrogen) atoms. The first-order valence-electron chi connectivity index (χ1n) is 11.2. The number of rotatable bonds is 5. The van der Waals surface area contributed by atoms with Gasteiger partial charge in [0.05, 0.1) is 22.2 Å². The third kappa shape index (κ3) is 4.22. The Morgan fingerprint density at radius 2 is 1.87 bits per heavy atom. The van der Waals surface area contributed by atoms with Crippen LogP contribution in [-0.2, 0) is 16.0 Å². The van der Waals surface area contributed by atoms with Crippen molar-refractivity contribution < 1.29 is 9.59 Å². The first-order chi connectivity index (χ1) is 15.2. The van der Waals surface area contributed by atoms with Crippen LogP contribution >= 0.6 is 11.3 Å². The minimum Gasteiger partial charge on any atom is -0.342 e. The second-order valence-electron chi connectivity index (χ2n) is 8.54. The summed E-state index contributed by atoms with van der Waals surface area (Å²) < 4.78 is 1.17. The summed E-state index contributed by atoms with van der Waals surface area (Å²) in [5, 5.41) is 1.03. The molecule has 5 nitrogen and oxygen atoms in total. The van der Waals surface area contributed by atoms with E-state index in [1.807, 2.05) is 46.2 Å². The smallest absolute Gasteiger partial charge is 0.228 e. The third-order valence-electron chi connectivity index (χ3n) is 6.46. The summed E-state index contributed by atoms with van der Waals surface area (Å²) >= 11 is 1.69. The van der Waals surface area contributed by atoms with Crippen molar-refractivity contribution in [3.8, 4) is 0 Å². The van der Waals surface area contributed by atoms with E-state index in [1.165, 1.54) is 10.3 Å². The van der Waals surface area contributed by atoms with E-state index in [0.29, 0.717) is 19.5 Å². The number of piperidine rings is 1. The first-order valence-corrected chi connectivity index (χ1v) is 12.0. The Bertz CT molecular complexity index is 1050. The molecule has 2 amide bonds. The molecule has 0 N–H and O–H groups in total. The van der Waals surface area contributed by atoms with Gasteiger partial charge in [0.25, 0.3) is 0 Å². The second-order valence-corrected chi connectivity index (χ2v) is 9.60. The summed E-state index contributed by atoms with van der Waals surface area (Å²) in [6, 6.07) is 18.4. The molecule has 0 unspecified atom stereocenters. The molecular formula is C25H27N3O2S. The van der Waals surface area contributed by atoms with E-state index < -0.39 is 0 Å². The van der Waals surface area contributed by atoms with Crippen LogP contribution in [0.2, 0.25) is 0 Å². The lowest BCUT2D eigenvalue weighted by atomic mass is 9.99. The molecule has 160 valence electrons. The molecule has 2 aliphatic rings. The van der Waals surface area contributed by atoms with E-state index >= 15 is 0 Å². The van der Waals surface area contributed by atoms with Gasteiger partial charge in [0.15, 0.2) is 0 Å². The Kier molecular flexibility index (Phi) is 5.72. The van der Waals surface area contributed by atoms with Crippen molar-refractivity contribution in [1.29, 1.82) is 0 Å². The van der Waals surface area contributed by atoms with Crippen LogP contribution < -0.4 is 0 Å². The number of fused-ring (bicyclic) bond motifs is 1. The monoisotopic (exact) mass is 433 g/mol. The highest BCUT2D eigenvalue weighted by atomic mass is 32.1. The van der Waals surface area contributed by atoms with E-state index in [-0.39, 0.29) is 23.8 Å². The number of thiazole rings is 1. The molecule has 3 heterocycles. The molecular weight excluding hydrogens is 406 g/mol. The lowest BCUT2D eigenvalue weighted by Gasteiger charge is -2.36. The zero-order chi connectivity index (χ0) is 21.2. The van der Waals surface area contributed by atoms with Gasteiger partial charge in [-0.2, -0.15) is 0 Å². The van der Waals surface area contributed by atoms with E-state index in [9.17, 15) is 9.59 Å². The number of aromatic nitrogens is 1. The molecule has 3 aromatic rings. The summed E-state index contributed by atoms with van der Waals surface area (Å²) in [5.74, 6) is -0.0133. The zero-order valence-corrected chi connectivity index (χ0v) is 18.4. The highest BCUT2D eigenvalue weighted by Crippen LogP contribution is 2.37. The predicted molar refractivity (Wildman–Crippen MR) is 123 cm³/mol. The van der Waals surface area contributed by atoms with Crippen LogP contribution in [0.1, 0.15) is 42.3 Å². The average molecular weight is 434 g/mol. The van der Waals surface area contributed by atoms with Crippen molar-refractivity contribution >= 4 is 33.4 Å². The molecule has 0 radical (unpaired) electrons. The lowest BCUT2D eigenvalue weighted by molar-refractivity contribution is -0.139. The Morgan fingerprint density at radius 1 is 1.06 bits per heavy atom. The molecule has 2 atom stereocenters. The number of amides is 2. The number of hydrogen-bond acceptors (Lipinski definition) is 4. The van der Waals surface area contributed by atoms with E-state index in [0.717, 1.165) is 42.8 Å². The summed E-state index contributed by atoms with van der Waals surface area (Å²) in [5.41, 5.74) is 2.22. The van der Waals surface area contributed by atoms with Gasteiger partial charge in [0, 0.05) is 26.1 Å². The molecule has 0 aliphatic carbocycles. The van der Waals surface area contributed by atoms with Crippen LogP contribution in [0.15, 0.2) is 54.6 Å². The molecule has 2 fully saturated rings. The minimum atomic E-state index is -0.238. The maximum Gasteiger partial charge on any atom is 0.228 e. The molecule has 6 heteroatoms. The van der Waals surface area contributed by atoms with E-state index in [4.69, 9.17) is 4.98 Å². The first kappa shape index (κ1) is 20.2. The number of para-hydroxylation sites is 1. The number of benzene rings is 2. The molecule has 2 aliphatic heterocycles. The number of hydrogen-bond donors (Lipinski definition) is 0. The van der Waals surface area contributed by atoms with Crippen LogP contribution in [0.5, 0.6) is 0 Å². The zero-order valence-electron chi connectivity index (χ0n) is 17.6. The maximum atomic E-state index is 13.5. The summed E-state index contributed by atoms with van der Waals surface area (Å²) in [7, 11) is 0. The fourth-order valence-electron chi connectivity index (χ4n) is 4.78. The molecule has 1 aromatic heterocycles. The predicted octanol–water partition coefficient (Wildman–Crippen LogP) is 4.44. The fraction of sp³-hybridized carbons (Fsp3) is 0.400. The Hall–Kier alpha value is -2.73. The Morgan fingerprint density at radius 3 is 2.71 bits per heavy atom. The molecule has 0 spiro atoms. The van der Waals surface area contributed by atoms with Gasteiger partial charge < -0.3 is 9.80 Å². The second kappa shape index (κ2) is 8.79. The van der Waals surface area contributed by atoms with Gasteiger partial charge in [-0.3, -0.25) is 9.59 Å². The van der Waals surface area contributed by atoms with Gasteiger partial charge in [-0.1, -0.05) is 42.5 Å². The van der Waals surface area contributed by atoms with Crippen molar-refractivity contribution in [2.24, 2.45) is 5.92 Å². The highest BCUT2D eigenvalue weighted by molar-refractivity contribution is 7.18. The maximum absolute atomic E-state index is 13.5. The van der Waals surface area contributed by atoms with Crippen LogP contribution in [0.4, 0.5) is 0 Å². The lowest BCUT2D eigenvalue weighted by Crippen LogP contribution is -2.42. The van der Waals surface area contributed by atoms with Crippen molar-refractivity contribution in [3.63, 3.8) is 0 Å². The minimum absolute atomic E-state index is 0.0344. The van der Waals surface area contributed by atoms with Crippen molar-refractivity contribution in [2.75, 3.05) is 19.6 Å². The van der Waals surface area contributed by atoms with Gasteiger partial charge >= 0.3 is 0 Å². The number of likely N-dealkylation sites (tertiary alicyclic amines) is 2. The number of carbonyl (C=O) groups excluding carboxylic acids is 2. The van der Waals surface area contributed by atoms with Crippen LogP contribution in [0.25, 0.3) is 10.2 Å². The highest BCUT2D eigenvalue weighted by Gasteiger charge is 2.39. The van der Waals surface area contributed by atoms with Crippen LogP contribution in [0.3, 0.4) is 0 Å². The largest absolute Gasteiger partial charge is 0.342 e. The summed E-state index contributed by atoms with van der Waals surface area (Å²) in [6.07, 6.45) is 4.23. The third-order valence-corrected chi connectivity index (χ3v) is 7.60. The summed E-state index contributed by atoms with van der Waals surface area (Å²) in [6.45, 7) is 1.97. The quantitative estimate of drug-likeness (QED) is 0.598. The van der Waals surface area contributed by atoms with Crippen molar-refractivity contribution in [2.45, 2.75) is 38.1 Å². The van der Waals surface area contributed by atoms with Gasteiger partial charge in [-0.05, 0) is 43.4 Å². The van der Waals surface area contributed by atoms with E-state index in [1.54, 1.807) is 11.3 Å². The topological polar surface area (TPSA) is 53.5 Å². The van der Waals surface area contributed by atoms with Crippen LogP contribution in [0, 0.1) is 5.92 Å². The van der Waals surface area contributed by atoms with Gasteiger partial charge in [0.1, 0.15) is 5.01 Å². The molecule has 2 saturated heterocycles. The fourth-order valence-corrected chi connectivity index (χ4v) is 5.90. The van der Waals surface area contributed by atoms with Crippen molar-refractivity contribution in [1.82, 2.24) is 14.8 Å². The molecule has 5 rings (SSSR count). The van der Waals surface area contributed by atoms with E-state index in [2.05, 4.69) is 18.2 Å². The Labute approximate surface area is 186 Å². The number of nitrogens with zero attached hydrogens (tertiary/aromatic N) is 3. The summed E-state index contributed by atoms with van der Waals surface area (Å²) in [4.78, 5) is 34.8. The molecule has 0 bridgehead atoms. The van der Waals surface area contributed by atoms with Crippen LogP contribution in [-0.4, -0.2) is 46.2 Å². The van der Waals surface area contributed by atoms with Gasteiger partial charge in [-0.25, -0.2) is 4.98 Å². The molecule has 0 saturated carbocycles. The standard InChI is InChI=1S/C25H27N3O2S/c29-23-16-19(17-27(23)15-13-18-8-2-1-3-9-18)25(30)28-14-7-6-11-21(28)24-26-20-10-4-5-12-22(20)31-24/h1-5,8-10,12,19,21H,6-7,11,13-17H2/t19-,21+/m1/s1. The Balaban J connectivity index is 1.28. The SMILES string of the molecule is O=C1C[C@@H](C(=O)N2CCCC[C@H]2c2nc3ccccc3s2)CN1CCc1ccccc1.